The lowest BCUT2D eigenvalue weighted by atomic mass is 9.87. The summed E-state index contributed by atoms with van der Waals surface area (Å²) in [6.45, 7) is 5.86. The Morgan fingerprint density at radius 2 is 1.13 bits per heavy atom. The van der Waals surface area contributed by atoms with Crippen LogP contribution in [-0.2, 0) is 25.5 Å². The van der Waals surface area contributed by atoms with Gasteiger partial charge in [0.05, 0.1) is 9.79 Å². The maximum atomic E-state index is 13.4. The zero-order chi connectivity index (χ0) is 22.3. The highest BCUT2D eigenvalue weighted by Crippen LogP contribution is 2.26. The third kappa shape index (κ3) is 4.41. The molecule has 30 heavy (non-hydrogen) atoms. The molecule has 0 aromatic heterocycles. The number of hydrogen-bond acceptors (Lipinski definition) is 4. The number of benzene rings is 2. The fraction of sp³-hybridized carbons (Fsp3) is 0.400. The van der Waals surface area contributed by atoms with E-state index >= 15 is 0 Å². The maximum absolute atomic E-state index is 13.4. The van der Waals surface area contributed by atoms with E-state index in [0.29, 0.717) is 6.07 Å². The molecule has 0 amide bonds. The molecule has 2 aromatic carbocycles. The molecule has 0 aliphatic carbocycles. The van der Waals surface area contributed by atoms with Gasteiger partial charge in [-0.05, 0) is 41.3 Å². The topological polar surface area (TPSA) is 74.8 Å². The molecular formula is C20H24F2N2O4S2. The number of nitrogens with zero attached hydrogens (tertiary/aromatic N) is 2. The summed E-state index contributed by atoms with van der Waals surface area (Å²) in [7, 11) is -7.82. The smallest absolute Gasteiger partial charge is 0.207 e. The number of hydrogen-bond donors (Lipinski definition) is 0. The van der Waals surface area contributed by atoms with Gasteiger partial charge in [-0.2, -0.15) is 8.61 Å². The Balaban J connectivity index is 1.75. The fourth-order valence-electron chi connectivity index (χ4n) is 3.21. The van der Waals surface area contributed by atoms with Crippen LogP contribution < -0.4 is 0 Å². The highest BCUT2D eigenvalue weighted by molar-refractivity contribution is 7.89. The maximum Gasteiger partial charge on any atom is 0.243 e. The summed E-state index contributed by atoms with van der Waals surface area (Å²) in [4.78, 5) is -0.220. The van der Waals surface area contributed by atoms with E-state index in [1.807, 2.05) is 20.8 Å². The van der Waals surface area contributed by atoms with E-state index in [9.17, 15) is 25.6 Å². The van der Waals surface area contributed by atoms with Crippen LogP contribution in [0, 0.1) is 11.6 Å². The van der Waals surface area contributed by atoms with E-state index in [1.165, 1.54) is 4.31 Å². The number of piperazine rings is 1. The van der Waals surface area contributed by atoms with Crippen molar-refractivity contribution in [2.45, 2.75) is 36.0 Å². The zero-order valence-corrected chi connectivity index (χ0v) is 18.6. The average molecular weight is 459 g/mol. The summed E-state index contributed by atoms with van der Waals surface area (Å²) in [5.74, 6) is -2.39. The molecule has 0 radical (unpaired) electrons. The molecule has 0 spiro atoms. The van der Waals surface area contributed by atoms with Gasteiger partial charge in [0.15, 0.2) is 11.6 Å². The van der Waals surface area contributed by atoms with E-state index in [-0.39, 0.29) is 41.4 Å². The molecule has 6 nitrogen and oxygen atoms in total. The second-order valence-corrected chi connectivity index (χ2v) is 12.0. The van der Waals surface area contributed by atoms with E-state index in [2.05, 4.69) is 0 Å². The summed E-state index contributed by atoms with van der Waals surface area (Å²) in [6.07, 6.45) is 0. The van der Waals surface area contributed by atoms with Gasteiger partial charge >= 0.3 is 0 Å². The van der Waals surface area contributed by atoms with Crippen molar-refractivity contribution in [3.8, 4) is 0 Å². The molecule has 1 saturated heterocycles. The van der Waals surface area contributed by atoms with Crippen molar-refractivity contribution in [3.05, 3.63) is 59.7 Å². The first-order valence-electron chi connectivity index (χ1n) is 9.39. The number of sulfonamides is 2. The lowest BCUT2D eigenvalue weighted by Gasteiger charge is -2.33. The van der Waals surface area contributed by atoms with Crippen molar-refractivity contribution in [2.24, 2.45) is 0 Å². The van der Waals surface area contributed by atoms with Gasteiger partial charge in [-0.1, -0.05) is 32.9 Å². The van der Waals surface area contributed by atoms with Gasteiger partial charge in [-0.15, -0.1) is 0 Å². The van der Waals surface area contributed by atoms with Crippen LogP contribution >= 0.6 is 0 Å². The van der Waals surface area contributed by atoms with E-state index < -0.39 is 31.7 Å². The SMILES string of the molecule is CC(C)(C)c1ccc(S(=O)(=O)N2CCN(S(=O)(=O)c3ccc(F)c(F)c3)CC2)cc1. The van der Waals surface area contributed by atoms with Crippen LogP contribution in [0.1, 0.15) is 26.3 Å². The normalized spacial score (nSPS) is 17.2. The molecule has 1 heterocycles. The van der Waals surface area contributed by atoms with Gasteiger partial charge in [-0.3, -0.25) is 0 Å². The predicted molar refractivity (Wildman–Crippen MR) is 109 cm³/mol. The van der Waals surface area contributed by atoms with Gasteiger partial charge in [0.25, 0.3) is 0 Å². The van der Waals surface area contributed by atoms with Crippen molar-refractivity contribution in [1.29, 1.82) is 0 Å². The summed E-state index contributed by atoms with van der Waals surface area (Å²) >= 11 is 0. The standard InChI is InChI=1S/C20H24F2N2O4S2/c1-20(2,3)15-4-6-16(7-5-15)29(25,26)23-10-12-24(13-11-23)30(27,28)17-8-9-18(21)19(22)14-17/h4-9,14H,10-13H2,1-3H3. The molecule has 1 aliphatic heterocycles. The highest BCUT2D eigenvalue weighted by Gasteiger charge is 2.34. The van der Waals surface area contributed by atoms with E-state index in [0.717, 1.165) is 22.0 Å². The molecule has 10 heteroatoms. The number of rotatable bonds is 4. The molecule has 0 atom stereocenters. The van der Waals surface area contributed by atoms with Gasteiger partial charge in [0, 0.05) is 26.2 Å². The second-order valence-electron chi connectivity index (χ2n) is 8.16. The summed E-state index contributed by atoms with van der Waals surface area (Å²) in [5.41, 5.74) is 0.895. The first-order chi connectivity index (χ1) is 13.8. The summed E-state index contributed by atoms with van der Waals surface area (Å²) < 4.78 is 80.1. The molecule has 0 saturated carbocycles. The van der Waals surface area contributed by atoms with Crippen molar-refractivity contribution in [1.82, 2.24) is 8.61 Å². The highest BCUT2D eigenvalue weighted by atomic mass is 32.2. The number of halogens is 2. The minimum atomic E-state index is -4.05. The predicted octanol–water partition coefficient (Wildman–Crippen LogP) is 2.96. The molecule has 2 aromatic rings. The molecular weight excluding hydrogens is 434 g/mol. The van der Waals surface area contributed by atoms with Crippen LogP contribution in [0.5, 0.6) is 0 Å². The summed E-state index contributed by atoms with van der Waals surface area (Å²) in [5, 5.41) is 0. The molecule has 0 bridgehead atoms. The minimum absolute atomic E-state index is 0.0355. The van der Waals surface area contributed by atoms with Crippen molar-refractivity contribution < 1.29 is 25.6 Å². The average Bonchev–Trinajstić information content (AvgIpc) is 2.69. The van der Waals surface area contributed by atoms with Crippen molar-refractivity contribution in [3.63, 3.8) is 0 Å². The lowest BCUT2D eigenvalue weighted by Crippen LogP contribution is -2.50. The Morgan fingerprint density at radius 1 is 0.700 bits per heavy atom. The molecule has 1 aliphatic rings. The Labute approximate surface area is 176 Å². The molecule has 1 fully saturated rings. The van der Waals surface area contributed by atoms with Crippen molar-refractivity contribution >= 4 is 20.0 Å². The largest absolute Gasteiger partial charge is 0.243 e. The van der Waals surface area contributed by atoms with Crippen LogP contribution in [0.15, 0.2) is 52.3 Å². The van der Waals surface area contributed by atoms with E-state index in [4.69, 9.17) is 0 Å². The lowest BCUT2D eigenvalue weighted by molar-refractivity contribution is 0.272. The monoisotopic (exact) mass is 458 g/mol. The Bertz CT molecular complexity index is 1130. The Kier molecular flexibility index (Phi) is 6.07. The Morgan fingerprint density at radius 3 is 1.57 bits per heavy atom. The first-order valence-corrected chi connectivity index (χ1v) is 12.3. The van der Waals surface area contributed by atoms with Crippen molar-refractivity contribution in [2.75, 3.05) is 26.2 Å². The quantitative estimate of drug-likeness (QED) is 0.706. The van der Waals surface area contributed by atoms with Crippen LogP contribution in [-0.4, -0.2) is 51.6 Å². The molecule has 3 rings (SSSR count). The first kappa shape index (κ1) is 22.8. The Hall–Kier alpha value is -1.88. The van der Waals surface area contributed by atoms with Crippen LogP contribution in [0.25, 0.3) is 0 Å². The summed E-state index contributed by atoms with van der Waals surface area (Å²) in [6, 6.07) is 9.04. The fourth-order valence-corrected chi connectivity index (χ4v) is 6.07. The van der Waals surface area contributed by atoms with Crippen LogP contribution in [0.4, 0.5) is 8.78 Å². The third-order valence-electron chi connectivity index (χ3n) is 5.08. The molecule has 164 valence electrons. The van der Waals surface area contributed by atoms with Crippen LogP contribution in [0.3, 0.4) is 0 Å². The molecule has 0 unspecified atom stereocenters. The zero-order valence-electron chi connectivity index (χ0n) is 17.0. The van der Waals surface area contributed by atoms with Gasteiger partial charge in [0.1, 0.15) is 0 Å². The van der Waals surface area contributed by atoms with Crippen LogP contribution in [0.2, 0.25) is 0 Å². The van der Waals surface area contributed by atoms with Gasteiger partial charge in [0.2, 0.25) is 20.0 Å². The molecule has 0 N–H and O–H groups in total. The van der Waals surface area contributed by atoms with Gasteiger partial charge < -0.3 is 0 Å². The van der Waals surface area contributed by atoms with E-state index in [1.54, 1.807) is 24.3 Å². The minimum Gasteiger partial charge on any atom is -0.207 e. The second kappa shape index (κ2) is 7.99. The van der Waals surface area contributed by atoms with Gasteiger partial charge in [-0.25, -0.2) is 25.6 Å². The third-order valence-corrected chi connectivity index (χ3v) is 8.89.